The van der Waals surface area contributed by atoms with Crippen molar-refractivity contribution in [2.24, 2.45) is 4.99 Å². The lowest BCUT2D eigenvalue weighted by Crippen LogP contribution is -2.38. The second-order valence-corrected chi connectivity index (χ2v) is 6.71. The molecule has 0 fully saturated rings. The summed E-state index contributed by atoms with van der Waals surface area (Å²) >= 11 is 1.73. The summed E-state index contributed by atoms with van der Waals surface area (Å²) in [7, 11) is 3.90. The summed E-state index contributed by atoms with van der Waals surface area (Å²) in [6.07, 6.45) is 4.43. The molecule has 24 heavy (non-hydrogen) atoms. The van der Waals surface area contributed by atoms with Crippen molar-refractivity contribution in [2.45, 2.75) is 13.1 Å². The lowest BCUT2D eigenvalue weighted by atomic mass is 10.2. The number of rotatable bonds is 5. The van der Waals surface area contributed by atoms with Crippen LogP contribution in [0.4, 0.5) is 5.69 Å². The van der Waals surface area contributed by atoms with E-state index in [-0.39, 0.29) is 0 Å². The topological polar surface area (TPSA) is 30.9 Å². The Morgan fingerprint density at radius 3 is 2.79 bits per heavy atom. The fourth-order valence-corrected chi connectivity index (χ4v) is 3.51. The van der Waals surface area contributed by atoms with E-state index in [4.69, 9.17) is 0 Å². The monoisotopic (exact) mass is 340 g/mol. The van der Waals surface area contributed by atoms with E-state index in [1.165, 1.54) is 16.8 Å². The lowest BCUT2D eigenvalue weighted by Gasteiger charge is -2.22. The van der Waals surface area contributed by atoms with Gasteiger partial charge in [-0.2, -0.15) is 11.3 Å². The first-order chi connectivity index (χ1) is 11.8. The minimum Gasteiger partial charge on any atom is -0.364 e. The molecular formula is C19H24N4S. The molecule has 0 saturated carbocycles. The quantitative estimate of drug-likeness (QED) is 0.514. The van der Waals surface area contributed by atoms with E-state index >= 15 is 0 Å². The molecular weight excluding hydrogens is 316 g/mol. The highest BCUT2D eigenvalue weighted by Gasteiger charge is 2.09. The van der Waals surface area contributed by atoms with Crippen LogP contribution in [0.1, 0.15) is 11.1 Å². The molecule has 1 aromatic carbocycles. The predicted octanol–water partition coefficient (Wildman–Crippen LogP) is 3.33. The highest BCUT2D eigenvalue weighted by atomic mass is 32.1. The molecule has 0 saturated heterocycles. The lowest BCUT2D eigenvalue weighted by molar-refractivity contribution is 0.477. The van der Waals surface area contributed by atoms with E-state index in [0.29, 0.717) is 0 Å². The molecule has 1 aliphatic heterocycles. The summed E-state index contributed by atoms with van der Waals surface area (Å²) in [6, 6.07) is 10.9. The number of anilines is 1. The second kappa shape index (κ2) is 8.02. The van der Waals surface area contributed by atoms with Gasteiger partial charge in [-0.05, 0) is 40.1 Å². The summed E-state index contributed by atoms with van der Waals surface area (Å²) in [5.74, 6) is 0.912. The summed E-state index contributed by atoms with van der Waals surface area (Å²) in [6.45, 7) is 3.64. The molecule has 0 unspecified atom stereocenters. The predicted molar refractivity (Wildman–Crippen MR) is 104 cm³/mol. The Morgan fingerprint density at radius 1 is 1.25 bits per heavy atom. The van der Waals surface area contributed by atoms with Gasteiger partial charge in [0, 0.05) is 46.0 Å². The Morgan fingerprint density at radius 2 is 2.08 bits per heavy atom. The van der Waals surface area contributed by atoms with E-state index in [1.54, 1.807) is 11.3 Å². The van der Waals surface area contributed by atoms with Crippen LogP contribution in [0, 0.1) is 0 Å². The van der Waals surface area contributed by atoms with Gasteiger partial charge in [-0.15, -0.1) is 0 Å². The van der Waals surface area contributed by atoms with Crippen LogP contribution in [0.2, 0.25) is 0 Å². The summed E-state index contributed by atoms with van der Waals surface area (Å²) in [5.41, 5.74) is 3.86. The maximum Gasteiger partial charge on any atom is 0.193 e. The van der Waals surface area contributed by atoms with Crippen LogP contribution in [0.25, 0.3) is 0 Å². The number of benzene rings is 1. The van der Waals surface area contributed by atoms with Gasteiger partial charge >= 0.3 is 0 Å². The summed E-state index contributed by atoms with van der Waals surface area (Å²) in [5, 5.41) is 7.75. The Kier molecular flexibility index (Phi) is 5.54. The smallest absolute Gasteiger partial charge is 0.193 e. The van der Waals surface area contributed by atoms with Crippen molar-refractivity contribution >= 4 is 23.0 Å². The van der Waals surface area contributed by atoms with E-state index in [9.17, 15) is 0 Å². The van der Waals surface area contributed by atoms with Gasteiger partial charge < -0.3 is 15.1 Å². The molecule has 3 rings (SSSR count). The summed E-state index contributed by atoms with van der Waals surface area (Å²) < 4.78 is 0. The Hall–Kier alpha value is -2.27. The standard InChI is InChI=1S/C19H24N4S/c1-20-19(22(2)14-17-8-11-24-15-17)21-13-16-6-5-7-18(12-16)23-9-3-4-10-23/h3-8,11-12,15H,9-10,13-14H2,1-2H3,(H,20,21). The summed E-state index contributed by atoms with van der Waals surface area (Å²) in [4.78, 5) is 8.91. The minimum atomic E-state index is 0.774. The molecule has 5 heteroatoms. The first-order valence-corrected chi connectivity index (χ1v) is 9.12. The molecule has 2 heterocycles. The Labute approximate surface area is 148 Å². The number of nitrogens with one attached hydrogen (secondary N) is 1. The third-order valence-corrected chi connectivity index (χ3v) is 4.85. The zero-order valence-corrected chi connectivity index (χ0v) is 15.1. The molecule has 2 aromatic rings. The molecule has 0 amide bonds. The van der Waals surface area contributed by atoms with Crippen molar-refractivity contribution < 1.29 is 0 Å². The third-order valence-electron chi connectivity index (χ3n) is 4.12. The van der Waals surface area contributed by atoms with Gasteiger partial charge in [0.1, 0.15) is 0 Å². The number of nitrogens with zero attached hydrogens (tertiary/aromatic N) is 3. The average Bonchev–Trinajstić information content (AvgIpc) is 3.29. The number of aliphatic imine (C=N–C) groups is 1. The fourth-order valence-electron chi connectivity index (χ4n) is 2.85. The SMILES string of the molecule is CN=C(NCc1cccc(N2CC=CC2)c1)N(C)Cc1ccsc1. The fraction of sp³-hybridized carbons (Fsp3) is 0.316. The Bertz CT molecular complexity index is 698. The molecule has 1 aliphatic rings. The Balaban J connectivity index is 1.58. The van der Waals surface area contributed by atoms with Gasteiger partial charge in [0.2, 0.25) is 0 Å². The van der Waals surface area contributed by atoms with Crippen LogP contribution in [0.15, 0.2) is 58.2 Å². The van der Waals surface area contributed by atoms with E-state index in [0.717, 1.165) is 32.1 Å². The molecule has 1 aromatic heterocycles. The van der Waals surface area contributed by atoms with Crippen molar-refractivity contribution in [3.8, 4) is 0 Å². The average molecular weight is 340 g/mol. The molecule has 0 atom stereocenters. The van der Waals surface area contributed by atoms with Gasteiger partial charge in [0.05, 0.1) is 0 Å². The highest BCUT2D eigenvalue weighted by Crippen LogP contribution is 2.18. The van der Waals surface area contributed by atoms with Crippen LogP contribution >= 0.6 is 11.3 Å². The molecule has 1 N–H and O–H groups in total. The van der Waals surface area contributed by atoms with Crippen molar-refractivity contribution in [1.82, 2.24) is 10.2 Å². The van der Waals surface area contributed by atoms with Crippen molar-refractivity contribution in [2.75, 3.05) is 32.1 Å². The zero-order valence-electron chi connectivity index (χ0n) is 14.3. The van der Waals surface area contributed by atoms with E-state index < -0.39 is 0 Å². The van der Waals surface area contributed by atoms with Crippen LogP contribution < -0.4 is 10.2 Å². The molecule has 0 aliphatic carbocycles. The first kappa shape index (κ1) is 16.6. The van der Waals surface area contributed by atoms with Gasteiger partial charge in [-0.25, -0.2) is 0 Å². The van der Waals surface area contributed by atoms with Crippen LogP contribution in [0.3, 0.4) is 0 Å². The number of hydrogen-bond acceptors (Lipinski definition) is 3. The minimum absolute atomic E-state index is 0.774. The molecule has 4 nitrogen and oxygen atoms in total. The molecule has 0 bridgehead atoms. The van der Waals surface area contributed by atoms with E-state index in [1.807, 2.05) is 7.05 Å². The first-order valence-electron chi connectivity index (χ1n) is 8.18. The van der Waals surface area contributed by atoms with Gasteiger partial charge in [0.15, 0.2) is 5.96 Å². The van der Waals surface area contributed by atoms with Gasteiger partial charge in [-0.1, -0.05) is 24.3 Å². The van der Waals surface area contributed by atoms with E-state index in [2.05, 4.69) is 80.4 Å². The second-order valence-electron chi connectivity index (χ2n) is 5.93. The van der Waals surface area contributed by atoms with Gasteiger partial charge in [0.25, 0.3) is 0 Å². The van der Waals surface area contributed by atoms with Crippen LogP contribution in [-0.2, 0) is 13.1 Å². The van der Waals surface area contributed by atoms with Crippen molar-refractivity contribution in [3.05, 3.63) is 64.4 Å². The van der Waals surface area contributed by atoms with Crippen LogP contribution in [-0.4, -0.2) is 38.0 Å². The maximum atomic E-state index is 4.40. The van der Waals surface area contributed by atoms with Crippen molar-refractivity contribution in [1.29, 1.82) is 0 Å². The molecule has 0 radical (unpaired) electrons. The van der Waals surface area contributed by atoms with Gasteiger partial charge in [-0.3, -0.25) is 4.99 Å². The zero-order chi connectivity index (χ0) is 16.8. The third kappa shape index (κ3) is 4.17. The highest BCUT2D eigenvalue weighted by molar-refractivity contribution is 7.07. The number of guanidine groups is 1. The number of hydrogen-bond donors (Lipinski definition) is 1. The largest absolute Gasteiger partial charge is 0.364 e. The molecule has 0 spiro atoms. The number of thiophene rings is 1. The maximum absolute atomic E-state index is 4.40. The van der Waals surface area contributed by atoms with Crippen molar-refractivity contribution in [3.63, 3.8) is 0 Å². The molecule has 126 valence electrons. The normalized spacial score (nSPS) is 14.2. The van der Waals surface area contributed by atoms with Crippen LogP contribution in [0.5, 0.6) is 0 Å².